The lowest BCUT2D eigenvalue weighted by Crippen LogP contribution is -2.12. The zero-order valence-electron chi connectivity index (χ0n) is 15.4. The van der Waals surface area contributed by atoms with Crippen molar-refractivity contribution in [2.45, 2.75) is 44.3 Å². The van der Waals surface area contributed by atoms with E-state index in [-0.39, 0.29) is 5.75 Å². The van der Waals surface area contributed by atoms with E-state index in [0.29, 0.717) is 12.4 Å². The fourth-order valence-corrected chi connectivity index (χ4v) is 3.72. The Kier molecular flexibility index (Phi) is 6.11. The average Bonchev–Trinajstić information content (AvgIpc) is 3.05. The third-order valence-corrected chi connectivity index (χ3v) is 5.11. The molecule has 0 fully saturated rings. The van der Waals surface area contributed by atoms with Crippen LogP contribution in [0.1, 0.15) is 36.9 Å². The molecule has 0 aliphatic carbocycles. The summed E-state index contributed by atoms with van der Waals surface area (Å²) in [4.78, 5) is 0. The predicted octanol–water partition coefficient (Wildman–Crippen LogP) is 5.32. The summed E-state index contributed by atoms with van der Waals surface area (Å²) in [5.41, 5.74) is 2.43. The lowest BCUT2D eigenvalue weighted by atomic mass is 10.2. The van der Waals surface area contributed by atoms with Gasteiger partial charge in [-0.05, 0) is 38.5 Å². The largest absolute Gasteiger partial charge is 0.480 e. The summed E-state index contributed by atoms with van der Waals surface area (Å²) in [5.74, 6) is -0.00392. The third-order valence-electron chi connectivity index (χ3n) is 4.07. The van der Waals surface area contributed by atoms with Crippen molar-refractivity contribution >= 4 is 11.8 Å². The minimum absolute atomic E-state index is 0.0106. The molecule has 3 rings (SSSR count). The number of hydrogen-bond donors (Lipinski definition) is 0. The van der Waals surface area contributed by atoms with E-state index in [1.165, 1.54) is 23.3 Å². The Morgan fingerprint density at radius 1 is 1.15 bits per heavy atom. The van der Waals surface area contributed by atoms with Gasteiger partial charge in [-0.25, -0.2) is 8.78 Å². The molecule has 1 aromatic heterocycles. The van der Waals surface area contributed by atoms with Crippen LogP contribution in [0.15, 0.2) is 47.6 Å². The maximum atomic E-state index is 13.8. The van der Waals surface area contributed by atoms with E-state index in [1.54, 1.807) is 18.7 Å². The fraction of sp³-hybridized carbons (Fsp3) is 0.300. The lowest BCUT2D eigenvalue weighted by molar-refractivity contribution is 0.200. The summed E-state index contributed by atoms with van der Waals surface area (Å²) in [6, 6.07) is 11.6. The van der Waals surface area contributed by atoms with Crippen molar-refractivity contribution in [2.75, 3.05) is 0 Å². The van der Waals surface area contributed by atoms with Gasteiger partial charge in [0, 0.05) is 18.4 Å². The highest BCUT2D eigenvalue weighted by Gasteiger charge is 2.20. The maximum Gasteiger partial charge on any atom is 0.191 e. The summed E-state index contributed by atoms with van der Waals surface area (Å²) < 4.78 is 34.5. The Labute approximate surface area is 161 Å². The zero-order chi connectivity index (χ0) is 19.4. The Bertz CT molecular complexity index is 929. The van der Waals surface area contributed by atoms with E-state index in [9.17, 15) is 8.78 Å². The first-order valence-electron chi connectivity index (χ1n) is 8.71. The molecule has 0 aliphatic rings. The standard InChI is InChI=1S/C20H21F2N3OS/c1-4-25-19(14(3)26-18-9-8-16(21)11-17(18)22)23-24-20(25)27-12-15-7-5-6-13(2)10-15/h5-11,14H,4,12H2,1-3H3. The zero-order valence-corrected chi connectivity index (χ0v) is 16.3. The average molecular weight is 389 g/mol. The number of aromatic nitrogens is 3. The Morgan fingerprint density at radius 2 is 1.96 bits per heavy atom. The van der Waals surface area contributed by atoms with Crippen molar-refractivity contribution < 1.29 is 13.5 Å². The molecule has 1 atom stereocenters. The van der Waals surface area contributed by atoms with Crippen molar-refractivity contribution in [3.63, 3.8) is 0 Å². The molecule has 27 heavy (non-hydrogen) atoms. The van der Waals surface area contributed by atoms with E-state index in [2.05, 4.69) is 35.3 Å². The van der Waals surface area contributed by atoms with Gasteiger partial charge in [-0.15, -0.1) is 10.2 Å². The van der Waals surface area contributed by atoms with Gasteiger partial charge in [-0.3, -0.25) is 0 Å². The number of aryl methyl sites for hydroxylation is 1. The highest BCUT2D eigenvalue weighted by atomic mass is 32.2. The summed E-state index contributed by atoms with van der Waals surface area (Å²) in [7, 11) is 0. The maximum absolute atomic E-state index is 13.8. The molecule has 142 valence electrons. The SMILES string of the molecule is CCn1c(SCc2cccc(C)c2)nnc1C(C)Oc1ccc(F)cc1F. The number of ether oxygens (including phenoxy) is 1. The molecular weight excluding hydrogens is 368 g/mol. The van der Waals surface area contributed by atoms with Gasteiger partial charge in [0.05, 0.1) is 0 Å². The Hall–Kier alpha value is -2.41. The molecule has 0 radical (unpaired) electrons. The van der Waals surface area contributed by atoms with Gasteiger partial charge in [0.1, 0.15) is 5.82 Å². The normalized spacial score (nSPS) is 12.2. The Balaban J connectivity index is 1.74. The van der Waals surface area contributed by atoms with Crippen molar-refractivity contribution in [1.82, 2.24) is 14.8 Å². The molecule has 0 saturated carbocycles. The van der Waals surface area contributed by atoms with Gasteiger partial charge in [0.15, 0.2) is 28.7 Å². The number of nitrogens with zero attached hydrogens (tertiary/aromatic N) is 3. The van der Waals surface area contributed by atoms with Gasteiger partial charge in [0.2, 0.25) is 0 Å². The molecule has 0 amide bonds. The second-order valence-electron chi connectivity index (χ2n) is 6.20. The van der Waals surface area contributed by atoms with Crippen LogP contribution < -0.4 is 4.74 Å². The van der Waals surface area contributed by atoms with Gasteiger partial charge in [-0.1, -0.05) is 41.6 Å². The molecule has 0 saturated heterocycles. The first-order chi connectivity index (χ1) is 13.0. The monoisotopic (exact) mass is 389 g/mol. The quantitative estimate of drug-likeness (QED) is 0.513. The van der Waals surface area contributed by atoms with E-state index in [1.807, 2.05) is 17.6 Å². The minimum atomic E-state index is -0.738. The fourth-order valence-electron chi connectivity index (χ4n) is 2.77. The van der Waals surface area contributed by atoms with E-state index < -0.39 is 17.7 Å². The number of hydrogen-bond acceptors (Lipinski definition) is 4. The summed E-state index contributed by atoms with van der Waals surface area (Å²) >= 11 is 1.59. The van der Waals surface area contributed by atoms with E-state index >= 15 is 0 Å². The molecule has 0 spiro atoms. The van der Waals surface area contributed by atoms with Gasteiger partial charge in [0.25, 0.3) is 0 Å². The van der Waals surface area contributed by atoms with Crippen molar-refractivity contribution in [2.24, 2.45) is 0 Å². The molecule has 1 heterocycles. The highest BCUT2D eigenvalue weighted by molar-refractivity contribution is 7.98. The van der Waals surface area contributed by atoms with Gasteiger partial charge >= 0.3 is 0 Å². The number of thioether (sulfide) groups is 1. The van der Waals surface area contributed by atoms with Gasteiger partial charge < -0.3 is 9.30 Å². The molecule has 1 unspecified atom stereocenters. The second-order valence-corrected chi connectivity index (χ2v) is 7.14. The third kappa shape index (κ3) is 4.66. The van der Waals surface area contributed by atoms with Crippen LogP contribution in [-0.4, -0.2) is 14.8 Å². The molecule has 7 heteroatoms. The number of benzene rings is 2. The lowest BCUT2D eigenvalue weighted by Gasteiger charge is -2.16. The first kappa shape index (κ1) is 19.4. The van der Waals surface area contributed by atoms with Crippen molar-refractivity contribution in [3.05, 3.63) is 71.1 Å². The van der Waals surface area contributed by atoms with Crippen LogP contribution >= 0.6 is 11.8 Å². The van der Waals surface area contributed by atoms with Crippen LogP contribution in [0.4, 0.5) is 8.78 Å². The van der Waals surface area contributed by atoms with Crippen LogP contribution in [0, 0.1) is 18.6 Å². The van der Waals surface area contributed by atoms with E-state index in [0.717, 1.165) is 17.0 Å². The first-order valence-corrected chi connectivity index (χ1v) is 9.69. The summed E-state index contributed by atoms with van der Waals surface area (Å²) in [6.45, 7) is 6.50. The minimum Gasteiger partial charge on any atom is -0.480 e. The second kappa shape index (κ2) is 8.52. The summed E-state index contributed by atoms with van der Waals surface area (Å²) in [5, 5.41) is 9.28. The molecule has 3 aromatic rings. The van der Waals surface area contributed by atoms with Crippen LogP contribution in [0.25, 0.3) is 0 Å². The molecule has 4 nitrogen and oxygen atoms in total. The molecular formula is C20H21F2N3OS. The Morgan fingerprint density at radius 3 is 2.67 bits per heavy atom. The van der Waals surface area contributed by atoms with Crippen LogP contribution in [0.2, 0.25) is 0 Å². The highest BCUT2D eigenvalue weighted by Crippen LogP contribution is 2.28. The number of halogens is 2. The molecule has 0 N–H and O–H groups in total. The predicted molar refractivity (Wildman–Crippen MR) is 102 cm³/mol. The number of rotatable bonds is 7. The van der Waals surface area contributed by atoms with Crippen molar-refractivity contribution in [3.8, 4) is 5.75 Å². The van der Waals surface area contributed by atoms with Crippen LogP contribution in [-0.2, 0) is 12.3 Å². The van der Waals surface area contributed by atoms with E-state index in [4.69, 9.17) is 4.74 Å². The molecule has 2 aromatic carbocycles. The van der Waals surface area contributed by atoms with Crippen LogP contribution in [0.5, 0.6) is 5.75 Å². The summed E-state index contributed by atoms with van der Waals surface area (Å²) in [6.07, 6.45) is -0.522. The van der Waals surface area contributed by atoms with Crippen LogP contribution in [0.3, 0.4) is 0 Å². The molecule has 0 bridgehead atoms. The topological polar surface area (TPSA) is 39.9 Å². The molecule has 0 aliphatic heterocycles. The van der Waals surface area contributed by atoms with Crippen molar-refractivity contribution in [1.29, 1.82) is 0 Å². The van der Waals surface area contributed by atoms with Gasteiger partial charge in [-0.2, -0.15) is 0 Å². The smallest absolute Gasteiger partial charge is 0.191 e.